The Hall–Kier alpha value is -2.64. The fourth-order valence-corrected chi connectivity index (χ4v) is 4.63. The lowest BCUT2D eigenvalue weighted by Gasteiger charge is -2.37. The topological polar surface area (TPSA) is 93.4 Å². The summed E-state index contributed by atoms with van der Waals surface area (Å²) >= 11 is 0. The van der Waals surface area contributed by atoms with E-state index in [0.717, 1.165) is 28.3 Å². The number of phenolic OH excluding ortho intramolecular Hbond substituents is 1. The molecule has 0 radical (unpaired) electrons. The van der Waals surface area contributed by atoms with E-state index in [9.17, 15) is 20.4 Å². The number of hydrogen-bond donors (Lipinski definition) is 4. The first kappa shape index (κ1) is 22.6. The Bertz CT molecular complexity index is 1010. The summed E-state index contributed by atoms with van der Waals surface area (Å²) in [4.78, 5) is 2.10. The molecule has 3 aromatic carbocycles. The molecule has 6 nitrogen and oxygen atoms in total. The number of benzene rings is 3. The number of aliphatic hydroxyl groups excluding tert-OH is 3. The van der Waals surface area contributed by atoms with Crippen LogP contribution in [0.3, 0.4) is 0 Å². The van der Waals surface area contributed by atoms with Crippen molar-refractivity contribution in [3.8, 4) is 22.6 Å². The first-order valence-corrected chi connectivity index (χ1v) is 11.1. The van der Waals surface area contributed by atoms with Gasteiger partial charge in [0.2, 0.25) is 0 Å². The molecule has 0 saturated carbocycles. The zero-order valence-corrected chi connectivity index (χ0v) is 18.1. The van der Waals surface area contributed by atoms with E-state index in [0.29, 0.717) is 25.4 Å². The lowest BCUT2D eigenvalue weighted by molar-refractivity contribution is 0.0155. The molecule has 0 amide bonds. The van der Waals surface area contributed by atoms with E-state index in [4.69, 9.17) is 4.74 Å². The third-order valence-corrected chi connectivity index (χ3v) is 6.14. The van der Waals surface area contributed by atoms with Crippen molar-refractivity contribution in [2.24, 2.45) is 11.8 Å². The molecule has 0 aliphatic carbocycles. The maximum absolute atomic E-state index is 10.6. The molecule has 4 N–H and O–H groups in total. The quantitative estimate of drug-likeness (QED) is 0.433. The van der Waals surface area contributed by atoms with E-state index in [-0.39, 0.29) is 37.4 Å². The second-order valence-electron chi connectivity index (χ2n) is 8.76. The number of aliphatic hydroxyl groups is 3. The number of ether oxygens (including phenoxy) is 1. The van der Waals surface area contributed by atoms with Crippen molar-refractivity contribution in [1.82, 2.24) is 4.90 Å². The van der Waals surface area contributed by atoms with Gasteiger partial charge in [0.15, 0.2) is 0 Å². The van der Waals surface area contributed by atoms with E-state index in [2.05, 4.69) is 11.0 Å². The van der Waals surface area contributed by atoms with Gasteiger partial charge in [-0.1, -0.05) is 36.4 Å². The van der Waals surface area contributed by atoms with Crippen molar-refractivity contribution in [2.75, 3.05) is 39.5 Å². The predicted molar refractivity (Wildman–Crippen MR) is 125 cm³/mol. The van der Waals surface area contributed by atoms with Crippen LogP contribution in [0.1, 0.15) is 6.42 Å². The fourth-order valence-electron chi connectivity index (χ4n) is 4.63. The van der Waals surface area contributed by atoms with Gasteiger partial charge in [0.25, 0.3) is 0 Å². The molecular weight excluding hydrogens is 406 g/mol. The van der Waals surface area contributed by atoms with Crippen LogP contribution in [-0.4, -0.2) is 70.9 Å². The second-order valence-corrected chi connectivity index (χ2v) is 8.76. The van der Waals surface area contributed by atoms with Crippen LogP contribution in [0.15, 0.2) is 60.7 Å². The monoisotopic (exact) mass is 437 g/mol. The van der Waals surface area contributed by atoms with E-state index >= 15 is 0 Å². The number of rotatable bonds is 8. The summed E-state index contributed by atoms with van der Waals surface area (Å²) in [7, 11) is 0. The molecule has 3 atom stereocenters. The van der Waals surface area contributed by atoms with E-state index in [1.165, 1.54) is 0 Å². The van der Waals surface area contributed by atoms with Gasteiger partial charge in [0, 0.05) is 32.8 Å². The molecule has 32 heavy (non-hydrogen) atoms. The average Bonchev–Trinajstić information content (AvgIpc) is 2.82. The molecule has 0 spiro atoms. The first-order valence-electron chi connectivity index (χ1n) is 11.1. The summed E-state index contributed by atoms with van der Waals surface area (Å²) in [6.45, 7) is 2.20. The zero-order valence-electron chi connectivity index (χ0n) is 18.1. The van der Waals surface area contributed by atoms with Crippen LogP contribution in [0.25, 0.3) is 21.9 Å². The predicted octanol–water partition coefficient (Wildman–Crippen LogP) is 2.87. The van der Waals surface area contributed by atoms with Crippen LogP contribution < -0.4 is 4.74 Å². The molecule has 0 aromatic heterocycles. The molecule has 0 bridgehead atoms. The standard InChI is InChI=1S/C26H31NO5/c28-15-18-9-19(16-29)13-27(12-18)14-23(31)17-32-24-10-21-3-1-2-4-25(21)26(11-24)20-5-7-22(30)8-6-20/h1-8,10-11,18-19,23,28-31H,9,12-17H2/t18-,19+,23?. The largest absolute Gasteiger partial charge is 0.508 e. The van der Waals surface area contributed by atoms with Gasteiger partial charge in [-0.3, -0.25) is 4.90 Å². The minimum atomic E-state index is -0.685. The van der Waals surface area contributed by atoms with Gasteiger partial charge < -0.3 is 25.2 Å². The minimum absolute atomic E-state index is 0.0940. The first-order chi connectivity index (χ1) is 15.6. The smallest absolute Gasteiger partial charge is 0.120 e. The number of phenols is 1. The number of hydrogen-bond acceptors (Lipinski definition) is 6. The Morgan fingerprint density at radius 2 is 1.62 bits per heavy atom. The molecule has 1 saturated heterocycles. The van der Waals surface area contributed by atoms with Gasteiger partial charge in [0.05, 0.1) is 0 Å². The van der Waals surface area contributed by atoms with Crippen LogP contribution >= 0.6 is 0 Å². The van der Waals surface area contributed by atoms with Gasteiger partial charge in [-0.25, -0.2) is 0 Å². The Kier molecular flexibility index (Phi) is 7.27. The van der Waals surface area contributed by atoms with Gasteiger partial charge in [0.1, 0.15) is 24.2 Å². The molecule has 4 rings (SSSR count). The Morgan fingerprint density at radius 3 is 2.31 bits per heavy atom. The summed E-state index contributed by atoms with van der Waals surface area (Å²) < 4.78 is 5.98. The van der Waals surface area contributed by atoms with Gasteiger partial charge in [-0.2, -0.15) is 0 Å². The number of piperidine rings is 1. The van der Waals surface area contributed by atoms with Crippen LogP contribution in [0.4, 0.5) is 0 Å². The highest BCUT2D eigenvalue weighted by Gasteiger charge is 2.27. The molecule has 170 valence electrons. The van der Waals surface area contributed by atoms with E-state index < -0.39 is 6.10 Å². The van der Waals surface area contributed by atoms with Crippen molar-refractivity contribution < 1.29 is 25.2 Å². The van der Waals surface area contributed by atoms with Crippen LogP contribution in [-0.2, 0) is 0 Å². The highest BCUT2D eigenvalue weighted by Crippen LogP contribution is 2.34. The van der Waals surface area contributed by atoms with E-state index in [1.807, 2.05) is 42.5 Å². The number of likely N-dealkylation sites (tertiary alicyclic amines) is 1. The maximum atomic E-state index is 10.6. The number of fused-ring (bicyclic) bond motifs is 1. The lowest BCUT2D eigenvalue weighted by Crippen LogP contribution is -2.46. The maximum Gasteiger partial charge on any atom is 0.120 e. The summed E-state index contributed by atoms with van der Waals surface area (Å²) in [5.41, 5.74) is 1.98. The van der Waals surface area contributed by atoms with Crippen molar-refractivity contribution >= 4 is 10.8 Å². The summed E-state index contributed by atoms with van der Waals surface area (Å²) in [6, 6.07) is 19.1. The Balaban J connectivity index is 1.46. The lowest BCUT2D eigenvalue weighted by atomic mass is 9.90. The molecular formula is C26H31NO5. The zero-order chi connectivity index (χ0) is 22.5. The molecule has 1 heterocycles. The van der Waals surface area contributed by atoms with Crippen molar-refractivity contribution in [2.45, 2.75) is 12.5 Å². The Labute approximate surface area is 188 Å². The van der Waals surface area contributed by atoms with Crippen molar-refractivity contribution in [1.29, 1.82) is 0 Å². The summed E-state index contributed by atoms with van der Waals surface area (Å²) in [5.74, 6) is 1.15. The van der Waals surface area contributed by atoms with E-state index in [1.54, 1.807) is 12.1 Å². The number of nitrogens with zero attached hydrogens (tertiary/aromatic N) is 1. The van der Waals surface area contributed by atoms with Gasteiger partial charge in [-0.15, -0.1) is 0 Å². The third kappa shape index (κ3) is 5.40. The average molecular weight is 438 g/mol. The molecule has 1 unspecified atom stereocenters. The third-order valence-electron chi connectivity index (χ3n) is 6.14. The highest BCUT2D eigenvalue weighted by molar-refractivity contribution is 5.97. The molecule has 1 fully saturated rings. The number of β-amino-alcohol motifs (C(OH)–C–C–N with tert-alkyl or cyclic N) is 1. The summed E-state index contributed by atoms with van der Waals surface area (Å²) in [6.07, 6.45) is 0.128. The van der Waals surface area contributed by atoms with Gasteiger partial charge in [-0.05, 0) is 64.4 Å². The Morgan fingerprint density at radius 1 is 0.938 bits per heavy atom. The molecule has 3 aromatic rings. The SMILES string of the molecule is OC[C@@H]1C[C@H](CO)CN(CC(O)COc2cc(-c3ccc(O)cc3)c3ccccc3c2)C1. The van der Waals surface area contributed by atoms with Crippen LogP contribution in [0, 0.1) is 11.8 Å². The van der Waals surface area contributed by atoms with Gasteiger partial charge >= 0.3 is 0 Å². The molecule has 6 heteroatoms. The molecule has 1 aliphatic rings. The molecule has 1 aliphatic heterocycles. The van der Waals surface area contributed by atoms with Crippen LogP contribution in [0.2, 0.25) is 0 Å². The normalized spacial score (nSPS) is 20.3. The van der Waals surface area contributed by atoms with Crippen molar-refractivity contribution in [3.05, 3.63) is 60.7 Å². The highest BCUT2D eigenvalue weighted by atomic mass is 16.5. The van der Waals surface area contributed by atoms with Crippen molar-refractivity contribution in [3.63, 3.8) is 0 Å². The summed E-state index contributed by atoms with van der Waals surface area (Å²) in [5, 5.41) is 41.4. The van der Waals surface area contributed by atoms with Crippen LogP contribution in [0.5, 0.6) is 11.5 Å². The minimum Gasteiger partial charge on any atom is -0.508 e. The number of aromatic hydroxyl groups is 1. The fraction of sp³-hybridized carbons (Fsp3) is 0.385. The second kappa shape index (κ2) is 10.3.